The SMILES string of the molecule is COC(=O)c1ccc(Oc2ccc(Br)c(F)c2)c(N)c1. The van der Waals surface area contributed by atoms with Gasteiger partial charge in [0.2, 0.25) is 0 Å². The number of rotatable bonds is 3. The molecule has 0 fully saturated rings. The molecule has 0 bridgehead atoms. The number of nitrogens with two attached hydrogens (primary N) is 1. The van der Waals surface area contributed by atoms with E-state index in [0.717, 1.165) is 0 Å². The summed E-state index contributed by atoms with van der Waals surface area (Å²) >= 11 is 3.06. The molecule has 2 rings (SSSR count). The molecule has 0 radical (unpaired) electrons. The van der Waals surface area contributed by atoms with Crippen molar-refractivity contribution in [1.29, 1.82) is 0 Å². The highest BCUT2D eigenvalue weighted by Crippen LogP contribution is 2.30. The van der Waals surface area contributed by atoms with Crippen LogP contribution in [0.2, 0.25) is 0 Å². The number of carbonyl (C=O) groups is 1. The van der Waals surface area contributed by atoms with Crippen molar-refractivity contribution in [1.82, 2.24) is 0 Å². The van der Waals surface area contributed by atoms with Crippen LogP contribution in [0, 0.1) is 5.82 Å². The maximum atomic E-state index is 13.4. The summed E-state index contributed by atoms with van der Waals surface area (Å²) in [6.45, 7) is 0. The Morgan fingerprint density at radius 2 is 2.00 bits per heavy atom. The summed E-state index contributed by atoms with van der Waals surface area (Å²) in [5.74, 6) is -0.284. The second kappa shape index (κ2) is 5.92. The van der Waals surface area contributed by atoms with Gasteiger partial charge in [-0.2, -0.15) is 0 Å². The number of ether oxygens (including phenoxy) is 2. The Balaban J connectivity index is 2.25. The number of hydrogen-bond acceptors (Lipinski definition) is 4. The molecular formula is C14H11BrFNO3. The van der Waals surface area contributed by atoms with Gasteiger partial charge < -0.3 is 15.2 Å². The first-order valence-electron chi connectivity index (χ1n) is 5.62. The van der Waals surface area contributed by atoms with Crippen molar-refractivity contribution >= 4 is 27.6 Å². The van der Waals surface area contributed by atoms with Gasteiger partial charge in [0.15, 0.2) is 0 Å². The third-order valence-electron chi connectivity index (χ3n) is 2.55. The molecule has 0 saturated heterocycles. The zero-order valence-electron chi connectivity index (χ0n) is 10.5. The average molecular weight is 340 g/mol. The van der Waals surface area contributed by atoms with E-state index in [1.807, 2.05) is 0 Å². The molecule has 0 saturated carbocycles. The van der Waals surface area contributed by atoms with Gasteiger partial charge >= 0.3 is 5.97 Å². The summed E-state index contributed by atoms with van der Waals surface area (Å²) in [5, 5.41) is 0. The number of carbonyl (C=O) groups excluding carboxylic acids is 1. The first kappa shape index (κ1) is 14.3. The third-order valence-corrected chi connectivity index (χ3v) is 3.19. The Labute approximate surface area is 123 Å². The molecule has 0 heterocycles. The fourth-order valence-corrected chi connectivity index (χ4v) is 1.80. The van der Waals surface area contributed by atoms with Crippen LogP contribution in [-0.4, -0.2) is 13.1 Å². The van der Waals surface area contributed by atoms with E-state index in [-0.39, 0.29) is 5.69 Å². The van der Waals surface area contributed by atoms with Crippen molar-refractivity contribution in [3.8, 4) is 11.5 Å². The number of benzene rings is 2. The van der Waals surface area contributed by atoms with Crippen LogP contribution >= 0.6 is 15.9 Å². The number of nitrogen functional groups attached to an aromatic ring is 1. The van der Waals surface area contributed by atoms with E-state index >= 15 is 0 Å². The lowest BCUT2D eigenvalue weighted by atomic mass is 10.2. The molecule has 2 aromatic carbocycles. The molecule has 0 amide bonds. The van der Waals surface area contributed by atoms with E-state index in [0.29, 0.717) is 21.5 Å². The lowest BCUT2D eigenvalue weighted by Crippen LogP contribution is -2.02. The lowest BCUT2D eigenvalue weighted by Gasteiger charge is -2.10. The number of halogens is 2. The van der Waals surface area contributed by atoms with E-state index in [4.69, 9.17) is 10.5 Å². The largest absolute Gasteiger partial charge is 0.465 e. The molecule has 2 N–H and O–H groups in total. The van der Waals surface area contributed by atoms with E-state index < -0.39 is 11.8 Å². The second-order valence-corrected chi connectivity index (χ2v) is 4.78. The van der Waals surface area contributed by atoms with Crippen molar-refractivity contribution < 1.29 is 18.7 Å². The van der Waals surface area contributed by atoms with Gasteiger partial charge in [-0.3, -0.25) is 0 Å². The maximum Gasteiger partial charge on any atom is 0.337 e. The van der Waals surface area contributed by atoms with Crippen molar-refractivity contribution in [2.45, 2.75) is 0 Å². The zero-order chi connectivity index (χ0) is 14.7. The number of methoxy groups -OCH3 is 1. The normalized spacial score (nSPS) is 10.2. The molecular weight excluding hydrogens is 329 g/mol. The molecule has 104 valence electrons. The number of hydrogen-bond donors (Lipinski definition) is 1. The Hall–Kier alpha value is -2.08. The molecule has 0 aromatic heterocycles. The van der Waals surface area contributed by atoms with Crippen LogP contribution in [0.25, 0.3) is 0 Å². The summed E-state index contributed by atoms with van der Waals surface area (Å²) in [4.78, 5) is 11.3. The fraction of sp³-hybridized carbons (Fsp3) is 0.0714. The van der Waals surface area contributed by atoms with Crippen molar-refractivity contribution in [3.05, 3.63) is 52.3 Å². The van der Waals surface area contributed by atoms with E-state index in [1.54, 1.807) is 6.07 Å². The molecule has 6 heteroatoms. The van der Waals surface area contributed by atoms with Crippen LogP contribution in [0.1, 0.15) is 10.4 Å². The number of anilines is 1. The minimum absolute atomic E-state index is 0.260. The Morgan fingerprint density at radius 3 is 2.60 bits per heavy atom. The minimum Gasteiger partial charge on any atom is -0.465 e. The van der Waals surface area contributed by atoms with E-state index in [2.05, 4.69) is 20.7 Å². The molecule has 0 unspecified atom stereocenters. The molecule has 0 spiro atoms. The monoisotopic (exact) mass is 339 g/mol. The Morgan fingerprint density at radius 1 is 1.25 bits per heavy atom. The fourth-order valence-electron chi connectivity index (χ4n) is 1.55. The van der Waals surface area contributed by atoms with Crippen molar-refractivity contribution in [3.63, 3.8) is 0 Å². The van der Waals surface area contributed by atoms with Crippen LogP contribution in [0.5, 0.6) is 11.5 Å². The standard InChI is InChI=1S/C14H11BrFNO3/c1-19-14(18)8-2-5-13(12(17)6-8)20-9-3-4-10(15)11(16)7-9/h2-7H,17H2,1H3. The highest BCUT2D eigenvalue weighted by Gasteiger charge is 2.10. The molecule has 20 heavy (non-hydrogen) atoms. The highest BCUT2D eigenvalue weighted by molar-refractivity contribution is 9.10. The third kappa shape index (κ3) is 3.08. The van der Waals surface area contributed by atoms with Gasteiger partial charge in [-0.25, -0.2) is 9.18 Å². The molecule has 0 aliphatic carbocycles. The van der Waals surface area contributed by atoms with Crippen molar-refractivity contribution in [2.75, 3.05) is 12.8 Å². The first-order chi connectivity index (χ1) is 9.51. The Bertz CT molecular complexity index is 661. The molecule has 0 aliphatic rings. The second-order valence-electron chi connectivity index (χ2n) is 3.92. The van der Waals surface area contributed by atoms with Gasteiger partial charge in [0.1, 0.15) is 17.3 Å². The predicted octanol–water partition coefficient (Wildman–Crippen LogP) is 3.75. The average Bonchev–Trinajstić information content (AvgIpc) is 2.44. The van der Waals surface area contributed by atoms with Gasteiger partial charge in [0, 0.05) is 6.07 Å². The van der Waals surface area contributed by atoms with E-state index in [1.165, 1.54) is 37.4 Å². The highest BCUT2D eigenvalue weighted by atomic mass is 79.9. The van der Waals surface area contributed by atoms with Crippen LogP contribution in [0.4, 0.5) is 10.1 Å². The Kier molecular flexibility index (Phi) is 4.24. The first-order valence-corrected chi connectivity index (χ1v) is 6.41. The molecule has 0 aliphatic heterocycles. The number of esters is 1. The predicted molar refractivity (Wildman–Crippen MR) is 76.4 cm³/mol. The summed E-state index contributed by atoms with van der Waals surface area (Å²) in [7, 11) is 1.29. The molecule has 0 atom stereocenters. The van der Waals surface area contributed by atoms with Crippen LogP contribution in [0.15, 0.2) is 40.9 Å². The van der Waals surface area contributed by atoms with E-state index in [9.17, 15) is 9.18 Å². The van der Waals surface area contributed by atoms with Gasteiger partial charge in [0.05, 0.1) is 22.8 Å². The van der Waals surface area contributed by atoms with Crippen LogP contribution in [-0.2, 0) is 4.74 Å². The smallest absolute Gasteiger partial charge is 0.337 e. The topological polar surface area (TPSA) is 61.5 Å². The summed E-state index contributed by atoms with van der Waals surface area (Å²) in [6.07, 6.45) is 0. The summed E-state index contributed by atoms with van der Waals surface area (Å²) < 4.78 is 23.8. The molecule has 4 nitrogen and oxygen atoms in total. The lowest BCUT2D eigenvalue weighted by molar-refractivity contribution is 0.0601. The molecule has 2 aromatic rings. The minimum atomic E-state index is -0.488. The summed E-state index contributed by atoms with van der Waals surface area (Å²) in [6, 6.07) is 8.85. The van der Waals surface area contributed by atoms with Gasteiger partial charge in [-0.15, -0.1) is 0 Å². The van der Waals surface area contributed by atoms with Crippen LogP contribution in [0.3, 0.4) is 0 Å². The van der Waals surface area contributed by atoms with Crippen LogP contribution < -0.4 is 10.5 Å². The van der Waals surface area contributed by atoms with Crippen molar-refractivity contribution in [2.24, 2.45) is 0 Å². The maximum absolute atomic E-state index is 13.4. The quantitative estimate of drug-likeness (QED) is 0.683. The van der Waals surface area contributed by atoms with Gasteiger partial charge in [-0.05, 0) is 46.3 Å². The zero-order valence-corrected chi connectivity index (χ0v) is 12.1. The van der Waals surface area contributed by atoms with Gasteiger partial charge in [-0.1, -0.05) is 0 Å². The van der Waals surface area contributed by atoms with Gasteiger partial charge in [0.25, 0.3) is 0 Å². The summed E-state index contributed by atoms with van der Waals surface area (Å²) in [5.41, 5.74) is 6.37.